The lowest BCUT2D eigenvalue weighted by Gasteiger charge is -2.22. The Hall–Kier alpha value is -1.56. The lowest BCUT2D eigenvalue weighted by Crippen LogP contribution is -2.22. The topological polar surface area (TPSA) is 17.4 Å². The predicted octanol–water partition coefficient (Wildman–Crippen LogP) is 3.85. The molecular weight excluding hydrogens is 285 g/mol. The quantitative estimate of drug-likeness (QED) is 0.823. The van der Waals surface area contributed by atoms with Gasteiger partial charge in [0.1, 0.15) is 0 Å². The van der Waals surface area contributed by atoms with Crippen LogP contribution in [0.2, 0.25) is 0 Å². The molecule has 1 aliphatic heterocycles. The first-order valence-electron chi connectivity index (χ1n) is 6.46. The zero-order valence-electron chi connectivity index (χ0n) is 10.7. The number of benzene rings is 1. The van der Waals surface area contributed by atoms with Crippen molar-refractivity contribution in [2.75, 3.05) is 18.0 Å². The SMILES string of the molecule is FC(F)(F)c1cc(-c2csc[nH+]2)ccc1N1CCCC1. The number of aromatic nitrogens is 1. The van der Waals surface area contributed by atoms with Crippen molar-refractivity contribution in [1.29, 1.82) is 0 Å². The lowest BCUT2D eigenvalue weighted by atomic mass is 10.1. The number of anilines is 1. The molecule has 2 aromatic rings. The third-order valence-electron chi connectivity index (χ3n) is 3.53. The minimum atomic E-state index is -4.33. The van der Waals surface area contributed by atoms with Gasteiger partial charge in [-0.1, -0.05) is 11.3 Å². The number of H-pyrrole nitrogens is 1. The Balaban J connectivity index is 2.07. The number of rotatable bonds is 2. The summed E-state index contributed by atoms with van der Waals surface area (Å²) in [5.74, 6) is 0. The Morgan fingerprint density at radius 3 is 2.50 bits per heavy atom. The van der Waals surface area contributed by atoms with Crippen molar-refractivity contribution in [3.8, 4) is 11.3 Å². The third kappa shape index (κ3) is 2.52. The molecular formula is C14H14F3N2S+. The van der Waals surface area contributed by atoms with Crippen LogP contribution in [-0.4, -0.2) is 13.1 Å². The lowest BCUT2D eigenvalue weighted by molar-refractivity contribution is -0.357. The summed E-state index contributed by atoms with van der Waals surface area (Å²) in [7, 11) is 0. The van der Waals surface area contributed by atoms with Crippen molar-refractivity contribution in [3.05, 3.63) is 34.7 Å². The van der Waals surface area contributed by atoms with Gasteiger partial charge in [-0.3, -0.25) is 0 Å². The van der Waals surface area contributed by atoms with Gasteiger partial charge >= 0.3 is 6.18 Å². The van der Waals surface area contributed by atoms with Gasteiger partial charge in [-0.15, -0.1) is 0 Å². The van der Waals surface area contributed by atoms with Gasteiger partial charge < -0.3 is 4.90 Å². The summed E-state index contributed by atoms with van der Waals surface area (Å²) >= 11 is 1.43. The normalized spacial score (nSPS) is 15.8. The number of nitrogens with one attached hydrogen (secondary N) is 1. The van der Waals surface area contributed by atoms with Crippen molar-refractivity contribution in [2.24, 2.45) is 0 Å². The molecule has 2 nitrogen and oxygen atoms in total. The fourth-order valence-electron chi connectivity index (χ4n) is 2.55. The van der Waals surface area contributed by atoms with Crippen molar-refractivity contribution in [1.82, 2.24) is 0 Å². The Labute approximate surface area is 118 Å². The maximum absolute atomic E-state index is 13.3. The molecule has 6 heteroatoms. The van der Waals surface area contributed by atoms with Crippen LogP contribution in [0.4, 0.5) is 18.9 Å². The summed E-state index contributed by atoms with van der Waals surface area (Å²) in [5, 5.41) is 1.81. The third-order valence-corrected chi connectivity index (χ3v) is 4.15. The second kappa shape index (κ2) is 5.09. The Morgan fingerprint density at radius 2 is 1.90 bits per heavy atom. The first-order valence-corrected chi connectivity index (χ1v) is 7.40. The molecule has 0 bridgehead atoms. The number of thiazole rings is 1. The maximum atomic E-state index is 13.3. The van der Waals surface area contributed by atoms with Gasteiger partial charge in [0.15, 0.2) is 0 Å². The highest BCUT2D eigenvalue weighted by atomic mass is 32.1. The summed E-state index contributed by atoms with van der Waals surface area (Å²) in [6.07, 6.45) is -2.42. The highest BCUT2D eigenvalue weighted by molar-refractivity contribution is 7.07. The number of nitrogens with zero attached hydrogens (tertiary/aromatic N) is 1. The van der Waals surface area contributed by atoms with Crippen LogP contribution in [0, 0.1) is 0 Å². The van der Waals surface area contributed by atoms with Crippen LogP contribution in [0.1, 0.15) is 18.4 Å². The summed E-state index contributed by atoms with van der Waals surface area (Å²) in [6, 6.07) is 4.59. The monoisotopic (exact) mass is 299 g/mol. The summed E-state index contributed by atoms with van der Waals surface area (Å²) in [4.78, 5) is 4.78. The van der Waals surface area contributed by atoms with Crippen LogP contribution in [-0.2, 0) is 6.18 Å². The first kappa shape index (κ1) is 13.4. The Kier molecular flexibility index (Phi) is 3.41. The van der Waals surface area contributed by atoms with E-state index in [9.17, 15) is 13.2 Å². The molecule has 1 aromatic heterocycles. The second-order valence-corrected chi connectivity index (χ2v) is 5.60. The van der Waals surface area contributed by atoms with Gasteiger partial charge in [-0.25, -0.2) is 4.98 Å². The van der Waals surface area contributed by atoms with Gasteiger partial charge in [0.2, 0.25) is 11.2 Å². The van der Waals surface area contributed by atoms with Crippen LogP contribution in [0.15, 0.2) is 29.1 Å². The molecule has 3 rings (SSSR count). The van der Waals surface area contributed by atoms with Gasteiger partial charge in [0.05, 0.1) is 10.9 Å². The molecule has 106 valence electrons. The van der Waals surface area contributed by atoms with Crippen molar-refractivity contribution in [3.63, 3.8) is 0 Å². The number of alkyl halides is 3. The highest BCUT2D eigenvalue weighted by Gasteiger charge is 2.36. The molecule has 0 amide bonds. The van der Waals surface area contributed by atoms with Gasteiger partial charge in [-0.05, 0) is 31.0 Å². The van der Waals surface area contributed by atoms with Crippen LogP contribution in [0.25, 0.3) is 11.3 Å². The molecule has 0 radical (unpaired) electrons. The molecule has 1 aromatic carbocycles. The first-order chi connectivity index (χ1) is 9.55. The number of hydrogen-bond donors (Lipinski definition) is 0. The van der Waals surface area contributed by atoms with E-state index in [1.54, 1.807) is 17.6 Å². The fourth-order valence-corrected chi connectivity index (χ4v) is 3.15. The average Bonchev–Trinajstić information content (AvgIpc) is 3.10. The molecule has 1 fully saturated rings. The summed E-state index contributed by atoms with van der Waals surface area (Å²) in [5.41, 5.74) is 2.79. The van der Waals surface area contributed by atoms with Gasteiger partial charge in [-0.2, -0.15) is 13.2 Å². The molecule has 20 heavy (non-hydrogen) atoms. The molecule has 0 atom stereocenters. The van der Waals surface area contributed by atoms with E-state index in [0.717, 1.165) is 12.8 Å². The van der Waals surface area contributed by atoms with E-state index in [2.05, 4.69) is 4.98 Å². The van der Waals surface area contributed by atoms with E-state index in [1.807, 2.05) is 10.3 Å². The smallest absolute Gasteiger partial charge is 0.371 e. The molecule has 2 heterocycles. The maximum Gasteiger partial charge on any atom is 0.418 e. The standard InChI is InChI=1S/C14H13F3N2S/c15-14(16,17)11-7-10(12-8-20-9-18-12)3-4-13(11)19-5-1-2-6-19/h3-4,7-9H,1-2,5-6H2/p+1. The zero-order valence-corrected chi connectivity index (χ0v) is 11.5. The van der Waals surface area contributed by atoms with Crippen molar-refractivity contribution < 1.29 is 18.2 Å². The average molecular weight is 299 g/mol. The minimum absolute atomic E-state index is 0.300. The molecule has 0 unspecified atom stereocenters. The zero-order chi connectivity index (χ0) is 14.2. The molecule has 0 saturated carbocycles. The Bertz CT molecular complexity index is 587. The number of aromatic amines is 1. The summed E-state index contributed by atoms with van der Waals surface area (Å²) in [6.45, 7) is 1.40. The van der Waals surface area contributed by atoms with Gasteiger partial charge in [0, 0.05) is 24.3 Å². The van der Waals surface area contributed by atoms with Crippen LogP contribution in [0.5, 0.6) is 0 Å². The van der Waals surface area contributed by atoms with Crippen LogP contribution < -0.4 is 9.88 Å². The number of hydrogen-bond acceptors (Lipinski definition) is 2. The highest BCUT2D eigenvalue weighted by Crippen LogP contribution is 2.39. The largest absolute Gasteiger partial charge is 0.418 e. The van der Waals surface area contributed by atoms with Gasteiger partial charge in [0.25, 0.3) is 0 Å². The molecule has 1 saturated heterocycles. The fraction of sp³-hybridized carbons (Fsp3) is 0.357. The van der Waals surface area contributed by atoms with Crippen molar-refractivity contribution >= 4 is 17.0 Å². The van der Waals surface area contributed by atoms with E-state index < -0.39 is 11.7 Å². The Morgan fingerprint density at radius 1 is 1.15 bits per heavy atom. The summed E-state index contributed by atoms with van der Waals surface area (Å²) < 4.78 is 39.9. The van der Waals surface area contributed by atoms with Crippen LogP contribution >= 0.6 is 11.3 Å². The number of halogens is 3. The van der Waals surface area contributed by atoms with E-state index in [4.69, 9.17) is 0 Å². The molecule has 1 N–H and O–H groups in total. The molecule has 0 spiro atoms. The van der Waals surface area contributed by atoms with E-state index in [0.29, 0.717) is 30.0 Å². The molecule has 1 aliphatic rings. The predicted molar refractivity (Wildman–Crippen MR) is 72.8 cm³/mol. The second-order valence-electron chi connectivity index (χ2n) is 4.85. The van der Waals surface area contributed by atoms with Crippen LogP contribution in [0.3, 0.4) is 0 Å². The van der Waals surface area contributed by atoms with E-state index >= 15 is 0 Å². The van der Waals surface area contributed by atoms with E-state index in [1.165, 1.54) is 17.4 Å². The van der Waals surface area contributed by atoms with Crippen molar-refractivity contribution in [2.45, 2.75) is 19.0 Å². The molecule has 0 aliphatic carbocycles. The minimum Gasteiger partial charge on any atom is -0.371 e. The van der Waals surface area contributed by atoms with E-state index in [-0.39, 0.29) is 0 Å².